The third kappa shape index (κ3) is 2.57. The van der Waals surface area contributed by atoms with Crippen molar-refractivity contribution in [3.05, 3.63) is 27.1 Å². The second-order valence-corrected chi connectivity index (χ2v) is 4.12. The first-order valence-electron chi connectivity index (χ1n) is 5.00. The zero-order valence-electron chi connectivity index (χ0n) is 9.56. The molecule has 0 unspecified atom stereocenters. The van der Waals surface area contributed by atoms with Gasteiger partial charge in [0.2, 0.25) is 5.75 Å². The van der Waals surface area contributed by atoms with Gasteiger partial charge in [0, 0.05) is 11.1 Å². The van der Waals surface area contributed by atoms with E-state index in [9.17, 15) is 4.79 Å². The van der Waals surface area contributed by atoms with E-state index in [-0.39, 0.29) is 4.87 Å². The molecule has 2 aromatic rings. The number of nitrogens with zero attached hydrogens (tertiary/aromatic N) is 2. The lowest BCUT2D eigenvalue weighted by molar-refractivity contribution is 0.414. The number of ether oxygens (including phenoxy) is 1. The lowest BCUT2D eigenvalue weighted by Gasteiger charge is -2.11. The summed E-state index contributed by atoms with van der Waals surface area (Å²) in [7, 11) is 1.50. The van der Waals surface area contributed by atoms with Crippen molar-refractivity contribution < 1.29 is 4.74 Å². The smallest absolute Gasteiger partial charge is 0.304 e. The van der Waals surface area contributed by atoms with Crippen LogP contribution in [0.4, 0.5) is 11.6 Å². The number of thiazole rings is 1. The monoisotopic (exact) mass is 268 g/mol. The van der Waals surface area contributed by atoms with Crippen LogP contribution in [0.5, 0.6) is 5.75 Å². The number of anilines is 2. The fourth-order valence-corrected chi connectivity index (χ4v) is 1.96. The van der Waals surface area contributed by atoms with Gasteiger partial charge in [0.15, 0.2) is 11.6 Å². The molecule has 0 radical (unpaired) electrons. The van der Waals surface area contributed by atoms with Crippen molar-refractivity contribution in [3.63, 3.8) is 0 Å². The molecule has 0 spiro atoms. The van der Waals surface area contributed by atoms with Crippen molar-refractivity contribution in [2.75, 3.05) is 17.9 Å². The molecule has 18 heavy (non-hydrogen) atoms. The van der Waals surface area contributed by atoms with Crippen LogP contribution in [0, 0.1) is 0 Å². The van der Waals surface area contributed by atoms with Crippen molar-refractivity contribution >= 4 is 23.0 Å². The molecule has 0 saturated heterocycles. The zero-order valence-corrected chi connectivity index (χ0v) is 10.4. The lowest BCUT2D eigenvalue weighted by Crippen LogP contribution is -2.12. The van der Waals surface area contributed by atoms with Crippen LogP contribution in [0.3, 0.4) is 0 Å². The molecule has 0 bridgehead atoms. The Morgan fingerprint density at radius 3 is 2.89 bits per heavy atom. The minimum atomic E-state index is -0.0919. The van der Waals surface area contributed by atoms with Crippen molar-refractivity contribution in [2.45, 2.75) is 6.54 Å². The maximum atomic E-state index is 11.0. The number of H-pyrrole nitrogens is 1. The van der Waals surface area contributed by atoms with Crippen LogP contribution in [0.15, 0.2) is 16.5 Å². The lowest BCUT2D eigenvalue weighted by atomic mass is 10.4. The predicted octanol–water partition coefficient (Wildman–Crippen LogP) is 0.133. The van der Waals surface area contributed by atoms with Gasteiger partial charge in [-0.25, -0.2) is 15.8 Å². The van der Waals surface area contributed by atoms with E-state index in [4.69, 9.17) is 10.6 Å². The molecule has 0 aliphatic heterocycles. The van der Waals surface area contributed by atoms with Gasteiger partial charge in [-0.3, -0.25) is 4.79 Å². The molecule has 0 aliphatic rings. The van der Waals surface area contributed by atoms with Crippen LogP contribution in [0.25, 0.3) is 0 Å². The molecular weight excluding hydrogens is 256 g/mol. The third-order valence-corrected chi connectivity index (χ3v) is 2.88. The highest BCUT2D eigenvalue weighted by atomic mass is 32.1. The van der Waals surface area contributed by atoms with Gasteiger partial charge in [-0.15, -0.1) is 0 Å². The first-order valence-corrected chi connectivity index (χ1v) is 5.88. The molecular formula is C9H12N6O2S. The summed E-state index contributed by atoms with van der Waals surface area (Å²) in [5.74, 6) is 6.60. The summed E-state index contributed by atoms with van der Waals surface area (Å²) in [5, 5.41) is 4.77. The predicted molar refractivity (Wildman–Crippen MR) is 68.7 cm³/mol. The van der Waals surface area contributed by atoms with Crippen molar-refractivity contribution in [2.24, 2.45) is 5.84 Å². The number of nitrogen functional groups attached to an aromatic ring is 1. The Hall–Kier alpha value is -2.13. The van der Waals surface area contributed by atoms with E-state index in [1.807, 2.05) is 0 Å². The number of methoxy groups -OCH3 is 1. The number of hydrogen-bond donors (Lipinski definition) is 4. The first-order chi connectivity index (χ1) is 8.74. The molecule has 2 heterocycles. The minimum absolute atomic E-state index is 0.0919. The summed E-state index contributed by atoms with van der Waals surface area (Å²) < 4.78 is 5.16. The molecule has 2 aromatic heterocycles. The van der Waals surface area contributed by atoms with E-state index in [0.29, 0.717) is 23.9 Å². The standard InChI is InChI=1S/C9H12N6O2S/c1-17-6-7(12-4-13-8(6)15-10)11-2-5-3-18-9(16)14-5/h3-4H,2,10H2,1H3,(H,14,16)(H2,11,12,13,15). The maximum Gasteiger partial charge on any atom is 0.304 e. The fourth-order valence-electron chi connectivity index (χ4n) is 1.38. The van der Waals surface area contributed by atoms with Crippen molar-refractivity contribution in [1.82, 2.24) is 15.0 Å². The molecule has 8 nitrogen and oxygen atoms in total. The SMILES string of the molecule is COc1c(NN)ncnc1NCc1csc(=O)[nH]1. The molecule has 0 saturated carbocycles. The Morgan fingerprint density at radius 1 is 1.50 bits per heavy atom. The van der Waals surface area contributed by atoms with E-state index >= 15 is 0 Å². The zero-order chi connectivity index (χ0) is 13.0. The van der Waals surface area contributed by atoms with Gasteiger partial charge in [-0.05, 0) is 0 Å². The number of rotatable bonds is 5. The van der Waals surface area contributed by atoms with E-state index in [2.05, 4.69) is 25.7 Å². The van der Waals surface area contributed by atoms with Crippen LogP contribution in [0.1, 0.15) is 5.69 Å². The fraction of sp³-hybridized carbons (Fsp3) is 0.222. The number of hydrazine groups is 1. The molecule has 0 fully saturated rings. The molecule has 2 rings (SSSR count). The number of nitrogens with two attached hydrogens (primary N) is 1. The number of nitrogens with one attached hydrogen (secondary N) is 3. The van der Waals surface area contributed by atoms with Crippen LogP contribution in [-0.2, 0) is 6.54 Å². The summed E-state index contributed by atoms with van der Waals surface area (Å²) in [5.41, 5.74) is 3.19. The summed E-state index contributed by atoms with van der Waals surface area (Å²) in [6.07, 6.45) is 1.36. The quantitative estimate of drug-likeness (QED) is 0.449. The normalized spacial score (nSPS) is 10.1. The number of aromatic amines is 1. The van der Waals surface area contributed by atoms with E-state index < -0.39 is 0 Å². The third-order valence-electron chi connectivity index (χ3n) is 2.16. The first kappa shape index (κ1) is 12.3. The Morgan fingerprint density at radius 2 is 2.28 bits per heavy atom. The van der Waals surface area contributed by atoms with Gasteiger partial charge in [-0.2, -0.15) is 0 Å². The van der Waals surface area contributed by atoms with Crippen LogP contribution in [0.2, 0.25) is 0 Å². The van der Waals surface area contributed by atoms with Gasteiger partial charge in [0.05, 0.1) is 13.7 Å². The second kappa shape index (κ2) is 5.47. The molecule has 0 aromatic carbocycles. The topological polar surface area (TPSA) is 118 Å². The van der Waals surface area contributed by atoms with E-state index in [1.165, 1.54) is 13.4 Å². The Labute approximate surface area is 106 Å². The highest BCUT2D eigenvalue weighted by molar-refractivity contribution is 7.07. The van der Waals surface area contributed by atoms with Crippen LogP contribution in [-0.4, -0.2) is 22.1 Å². The van der Waals surface area contributed by atoms with Crippen molar-refractivity contribution in [1.29, 1.82) is 0 Å². The average Bonchev–Trinajstić information content (AvgIpc) is 2.81. The van der Waals surface area contributed by atoms with Crippen molar-refractivity contribution in [3.8, 4) is 5.75 Å². The number of hydrogen-bond acceptors (Lipinski definition) is 8. The Balaban J connectivity index is 2.16. The second-order valence-electron chi connectivity index (χ2n) is 3.28. The van der Waals surface area contributed by atoms with E-state index in [1.54, 1.807) is 5.38 Å². The summed E-state index contributed by atoms with van der Waals surface area (Å²) >= 11 is 1.11. The molecule has 5 N–H and O–H groups in total. The molecule has 0 aliphatic carbocycles. The van der Waals surface area contributed by atoms with Crippen LogP contribution >= 0.6 is 11.3 Å². The van der Waals surface area contributed by atoms with Gasteiger partial charge in [-0.1, -0.05) is 11.3 Å². The van der Waals surface area contributed by atoms with Gasteiger partial charge in [0.1, 0.15) is 6.33 Å². The van der Waals surface area contributed by atoms with Crippen LogP contribution < -0.4 is 26.2 Å². The highest BCUT2D eigenvalue weighted by Gasteiger charge is 2.10. The number of aromatic nitrogens is 3. The minimum Gasteiger partial charge on any atom is -0.490 e. The summed E-state index contributed by atoms with van der Waals surface area (Å²) in [4.78, 5) is 21.5. The highest BCUT2D eigenvalue weighted by Crippen LogP contribution is 2.28. The van der Waals surface area contributed by atoms with Gasteiger partial charge < -0.3 is 20.5 Å². The largest absolute Gasteiger partial charge is 0.490 e. The average molecular weight is 268 g/mol. The summed E-state index contributed by atoms with van der Waals surface area (Å²) in [6, 6.07) is 0. The molecule has 96 valence electrons. The maximum absolute atomic E-state index is 11.0. The molecule has 0 amide bonds. The Bertz CT molecular complexity index is 580. The molecule has 0 atom stereocenters. The molecule has 9 heteroatoms. The van der Waals surface area contributed by atoms with Gasteiger partial charge in [0.25, 0.3) is 0 Å². The Kier molecular flexibility index (Phi) is 3.75. The summed E-state index contributed by atoms with van der Waals surface area (Å²) in [6.45, 7) is 0.427. The van der Waals surface area contributed by atoms with E-state index in [0.717, 1.165) is 17.0 Å². The van der Waals surface area contributed by atoms with Gasteiger partial charge >= 0.3 is 4.87 Å².